The molecule has 22 heavy (non-hydrogen) atoms. The van der Waals surface area contributed by atoms with Crippen LogP contribution < -0.4 is 5.32 Å². The molecule has 2 rings (SSSR count). The molecular formula is C16H14INO4. The first-order valence-corrected chi connectivity index (χ1v) is 7.56. The van der Waals surface area contributed by atoms with Gasteiger partial charge in [-0.15, -0.1) is 0 Å². The second kappa shape index (κ2) is 7.26. The summed E-state index contributed by atoms with van der Waals surface area (Å²) in [6.45, 7) is 1.46. The molecule has 0 radical (unpaired) electrons. The first-order valence-electron chi connectivity index (χ1n) is 6.48. The highest BCUT2D eigenvalue weighted by Crippen LogP contribution is 2.18. The van der Waals surface area contributed by atoms with E-state index < -0.39 is 18.5 Å². The monoisotopic (exact) mass is 411 g/mol. The number of anilines is 1. The van der Waals surface area contributed by atoms with Crippen LogP contribution in [0.1, 0.15) is 15.9 Å². The van der Waals surface area contributed by atoms with E-state index in [-0.39, 0.29) is 11.3 Å². The van der Waals surface area contributed by atoms with Crippen LogP contribution in [0.25, 0.3) is 0 Å². The van der Waals surface area contributed by atoms with Gasteiger partial charge in [-0.05, 0) is 65.4 Å². The summed E-state index contributed by atoms with van der Waals surface area (Å²) in [6, 6.07) is 11.6. The van der Waals surface area contributed by atoms with Crippen molar-refractivity contribution in [2.75, 3.05) is 11.9 Å². The smallest absolute Gasteiger partial charge is 0.342 e. The molecule has 2 aromatic rings. The van der Waals surface area contributed by atoms with E-state index in [1.807, 2.05) is 19.1 Å². The largest absolute Gasteiger partial charge is 0.507 e. The number of carbonyl (C=O) groups excluding carboxylic acids is 2. The van der Waals surface area contributed by atoms with Crippen LogP contribution in [0.3, 0.4) is 0 Å². The molecule has 0 spiro atoms. The predicted molar refractivity (Wildman–Crippen MR) is 90.9 cm³/mol. The lowest BCUT2D eigenvalue weighted by Gasteiger charge is -2.09. The average Bonchev–Trinajstić information content (AvgIpc) is 2.48. The highest BCUT2D eigenvalue weighted by molar-refractivity contribution is 14.1. The van der Waals surface area contributed by atoms with Gasteiger partial charge in [0.25, 0.3) is 5.91 Å². The number of carbonyl (C=O) groups is 2. The molecular weight excluding hydrogens is 397 g/mol. The van der Waals surface area contributed by atoms with Crippen LogP contribution in [0.4, 0.5) is 5.69 Å². The van der Waals surface area contributed by atoms with Crippen molar-refractivity contribution in [1.82, 2.24) is 0 Å². The van der Waals surface area contributed by atoms with E-state index in [2.05, 4.69) is 27.9 Å². The van der Waals surface area contributed by atoms with Crippen molar-refractivity contribution in [3.63, 3.8) is 0 Å². The third kappa shape index (κ3) is 4.20. The van der Waals surface area contributed by atoms with Crippen LogP contribution in [0.5, 0.6) is 5.75 Å². The quantitative estimate of drug-likeness (QED) is 0.599. The Balaban J connectivity index is 1.93. The summed E-state index contributed by atoms with van der Waals surface area (Å²) in [5.41, 5.74) is 1.62. The topological polar surface area (TPSA) is 75.6 Å². The SMILES string of the molecule is Cc1cc(I)ccc1NC(=O)COC(=O)c1ccccc1O. The number of hydrogen-bond acceptors (Lipinski definition) is 4. The number of benzene rings is 2. The van der Waals surface area contributed by atoms with Gasteiger partial charge in [0, 0.05) is 9.26 Å². The summed E-state index contributed by atoms with van der Waals surface area (Å²) in [5, 5.41) is 12.2. The zero-order valence-electron chi connectivity index (χ0n) is 11.8. The maximum Gasteiger partial charge on any atom is 0.342 e. The molecule has 0 aliphatic heterocycles. The average molecular weight is 411 g/mol. The number of amides is 1. The van der Waals surface area contributed by atoms with Crippen molar-refractivity contribution in [2.24, 2.45) is 0 Å². The van der Waals surface area contributed by atoms with Crippen molar-refractivity contribution in [2.45, 2.75) is 6.92 Å². The molecule has 2 N–H and O–H groups in total. The third-order valence-electron chi connectivity index (χ3n) is 2.92. The molecule has 0 fully saturated rings. The Morgan fingerprint density at radius 2 is 1.95 bits per heavy atom. The Morgan fingerprint density at radius 1 is 1.23 bits per heavy atom. The minimum Gasteiger partial charge on any atom is -0.507 e. The number of para-hydroxylation sites is 1. The molecule has 1 amide bonds. The van der Waals surface area contributed by atoms with Crippen molar-refractivity contribution in [3.05, 3.63) is 57.2 Å². The number of ether oxygens (including phenoxy) is 1. The maximum absolute atomic E-state index is 11.8. The van der Waals surface area contributed by atoms with Crippen LogP contribution in [-0.4, -0.2) is 23.6 Å². The molecule has 0 aliphatic rings. The number of aromatic hydroxyl groups is 1. The van der Waals surface area contributed by atoms with E-state index in [0.717, 1.165) is 9.13 Å². The van der Waals surface area contributed by atoms with E-state index in [1.54, 1.807) is 18.2 Å². The molecule has 6 heteroatoms. The molecule has 0 unspecified atom stereocenters. The van der Waals surface area contributed by atoms with Gasteiger partial charge < -0.3 is 15.2 Å². The Hall–Kier alpha value is -2.09. The Kier molecular flexibility index (Phi) is 5.37. The minimum atomic E-state index is -0.743. The van der Waals surface area contributed by atoms with Gasteiger partial charge in [0.15, 0.2) is 6.61 Å². The van der Waals surface area contributed by atoms with E-state index >= 15 is 0 Å². The molecule has 0 bridgehead atoms. The molecule has 0 saturated heterocycles. The van der Waals surface area contributed by atoms with Crippen molar-refractivity contribution in [3.8, 4) is 5.75 Å². The summed E-state index contributed by atoms with van der Waals surface area (Å²) in [6.07, 6.45) is 0. The van der Waals surface area contributed by atoms with Gasteiger partial charge >= 0.3 is 5.97 Å². The number of esters is 1. The lowest BCUT2D eigenvalue weighted by molar-refractivity contribution is -0.119. The summed E-state index contributed by atoms with van der Waals surface area (Å²) in [5.74, 6) is -1.36. The van der Waals surface area contributed by atoms with Gasteiger partial charge in [-0.3, -0.25) is 4.79 Å². The molecule has 2 aromatic carbocycles. The van der Waals surface area contributed by atoms with Gasteiger partial charge in [-0.25, -0.2) is 4.79 Å². The van der Waals surface area contributed by atoms with Gasteiger partial charge in [-0.2, -0.15) is 0 Å². The molecule has 5 nitrogen and oxygen atoms in total. The number of nitrogens with one attached hydrogen (secondary N) is 1. The number of halogens is 1. The highest BCUT2D eigenvalue weighted by Gasteiger charge is 2.14. The fourth-order valence-corrected chi connectivity index (χ4v) is 2.46. The van der Waals surface area contributed by atoms with Crippen LogP contribution in [0.2, 0.25) is 0 Å². The van der Waals surface area contributed by atoms with Gasteiger partial charge in [0.1, 0.15) is 11.3 Å². The second-order valence-electron chi connectivity index (χ2n) is 4.60. The molecule has 0 saturated carbocycles. The number of rotatable bonds is 4. The van der Waals surface area contributed by atoms with Crippen LogP contribution in [0, 0.1) is 10.5 Å². The van der Waals surface area contributed by atoms with Gasteiger partial charge in [0.2, 0.25) is 0 Å². The van der Waals surface area contributed by atoms with Gasteiger partial charge in [-0.1, -0.05) is 12.1 Å². The highest BCUT2D eigenvalue weighted by atomic mass is 127. The second-order valence-corrected chi connectivity index (χ2v) is 5.85. The lowest BCUT2D eigenvalue weighted by Crippen LogP contribution is -2.21. The summed E-state index contributed by atoms with van der Waals surface area (Å²) in [7, 11) is 0. The number of aryl methyl sites for hydroxylation is 1. The molecule has 0 atom stereocenters. The number of phenols is 1. The minimum absolute atomic E-state index is 0.0285. The lowest BCUT2D eigenvalue weighted by atomic mass is 10.2. The third-order valence-corrected chi connectivity index (χ3v) is 3.59. The Labute approximate surface area is 141 Å². The molecule has 0 aromatic heterocycles. The zero-order chi connectivity index (χ0) is 16.1. The van der Waals surface area contributed by atoms with Crippen molar-refractivity contribution in [1.29, 1.82) is 0 Å². The van der Waals surface area contributed by atoms with E-state index in [9.17, 15) is 14.7 Å². The van der Waals surface area contributed by atoms with E-state index in [0.29, 0.717) is 5.69 Å². The normalized spacial score (nSPS) is 10.1. The fraction of sp³-hybridized carbons (Fsp3) is 0.125. The van der Waals surface area contributed by atoms with Crippen LogP contribution >= 0.6 is 22.6 Å². The van der Waals surface area contributed by atoms with Crippen LogP contribution in [-0.2, 0) is 9.53 Å². The maximum atomic E-state index is 11.8. The van der Waals surface area contributed by atoms with Crippen LogP contribution in [0.15, 0.2) is 42.5 Å². The molecule has 114 valence electrons. The van der Waals surface area contributed by atoms with Crippen molar-refractivity contribution >= 4 is 40.2 Å². The summed E-state index contributed by atoms with van der Waals surface area (Å²) >= 11 is 2.18. The van der Waals surface area contributed by atoms with E-state index in [4.69, 9.17) is 4.74 Å². The van der Waals surface area contributed by atoms with Crippen molar-refractivity contribution < 1.29 is 19.4 Å². The predicted octanol–water partition coefficient (Wildman–Crippen LogP) is 3.10. The number of hydrogen-bond donors (Lipinski definition) is 2. The Morgan fingerprint density at radius 3 is 2.64 bits per heavy atom. The van der Waals surface area contributed by atoms with Gasteiger partial charge in [0.05, 0.1) is 0 Å². The molecule has 0 heterocycles. The molecule has 0 aliphatic carbocycles. The van der Waals surface area contributed by atoms with E-state index in [1.165, 1.54) is 12.1 Å². The fourth-order valence-electron chi connectivity index (χ4n) is 1.81. The zero-order valence-corrected chi connectivity index (χ0v) is 14.0. The standard InChI is InChI=1S/C16H14INO4/c1-10-8-11(17)6-7-13(10)18-15(20)9-22-16(21)12-4-2-3-5-14(12)19/h2-8,19H,9H2,1H3,(H,18,20). The first kappa shape index (κ1) is 16.3. The summed E-state index contributed by atoms with van der Waals surface area (Å²) < 4.78 is 5.96. The first-order chi connectivity index (χ1) is 10.5. The summed E-state index contributed by atoms with van der Waals surface area (Å²) in [4.78, 5) is 23.6. The Bertz CT molecular complexity index is 715. The number of phenolic OH excluding ortho intramolecular Hbond substituents is 1.